The van der Waals surface area contributed by atoms with Crippen molar-refractivity contribution in [1.29, 1.82) is 0 Å². The summed E-state index contributed by atoms with van der Waals surface area (Å²) in [7, 11) is 0. The zero-order chi connectivity index (χ0) is 16.8. The number of hydrogen-bond acceptors (Lipinski definition) is 1. The maximum atomic E-state index is 11.7. The van der Waals surface area contributed by atoms with Crippen LogP contribution in [0.25, 0.3) is 6.08 Å². The summed E-state index contributed by atoms with van der Waals surface area (Å²) >= 11 is 6.04. The van der Waals surface area contributed by atoms with E-state index >= 15 is 0 Å². The van der Waals surface area contributed by atoms with Crippen LogP contribution in [0, 0.1) is 0 Å². The van der Waals surface area contributed by atoms with Crippen molar-refractivity contribution in [3.63, 3.8) is 0 Å². The quantitative estimate of drug-likeness (QED) is 0.368. The first-order valence-electron chi connectivity index (χ1n) is 8.94. The van der Waals surface area contributed by atoms with E-state index in [1.807, 2.05) is 24.3 Å². The lowest BCUT2D eigenvalue weighted by Crippen LogP contribution is -2.21. The van der Waals surface area contributed by atoms with E-state index in [1.165, 1.54) is 51.4 Å². The predicted molar refractivity (Wildman–Crippen MR) is 101 cm³/mol. The zero-order valence-electron chi connectivity index (χ0n) is 14.3. The first-order valence-corrected chi connectivity index (χ1v) is 9.32. The SMILES string of the molecule is CCCCCCCCCCCNC(=O)C=Cc1ccccc1Cl. The average molecular weight is 336 g/mol. The monoisotopic (exact) mass is 335 g/mol. The van der Waals surface area contributed by atoms with E-state index in [4.69, 9.17) is 11.6 Å². The van der Waals surface area contributed by atoms with Crippen molar-refractivity contribution in [2.75, 3.05) is 6.54 Å². The van der Waals surface area contributed by atoms with Crippen LogP contribution in [-0.4, -0.2) is 12.5 Å². The highest BCUT2D eigenvalue weighted by molar-refractivity contribution is 6.32. The molecule has 0 saturated carbocycles. The van der Waals surface area contributed by atoms with Gasteiger partial charge < -0.3 is 5.32 Å². The largest absolute Gasteiger partial charge is 0.353 e. The standard InChI is InChI=1S/C20H30ClNO/c1-2-3-4-5-6-7-8-9-12-17-22-20(23)16-15-18-13-10-11-14-19(18)21/h10-11,13-16H,2-9,12,17H2,1H3,(H,22,23). The molecule has 23 heavy (non-hydrogen) atoms. The van der Waals surface area contributed by atoms with Gasteiger partial charge in [0.1, 0.15) is 0 Å². The van der Waals surface area contributed by atoms with Gasteiger partial charge >= 0.3 is 0 Å². The van der Waals surface area contributed by atoms with Crippen LogP contribution >= 0.6 is 11.6 Å². The second-order valence-electron chi connectivity index (χ2n) is 5.97. The minimum absolute atomic E-state index is 0.0514. The fourth-order valence-electron chi connectivity index (χ4n) is 2.48. The second-order valence-corrected chi connectivity index (χ2v) is 6.38. The fraction of sp³-hybridized carbons (Fsp3) is 0.550. The lowest BCUT2D eigenvalue weighted by Gasteiger charge is -2.03. The molecular formula is C20H30ClNO. The highest BCUT2D eigenvalue weighted by Crippen LogP contribution is 2.16. The molecule has 3 heteroatoms. The summed E-state index contributed by atoms with van der Waals surface area (Å²) in [4.78, 5) is 11.7. The van der Waals surface area contributed by atoms with Gasteiger partial charge in [0.15, 0.2) is 0 Å². The van der Waals surface area contributed by atoms with Crippen LogP contribution in [0.2, 0.25) is 5.02 Å². The van der Waals surface area contributed by atoms with Crippen molar-refractivity contribution in [2.24, 2.45) is 0 Å². The number of amides is 1. The zero-order valence-corrected chi connectivity index (χ0v) is 15.1. The molecule has 0 bridgehead atoms. The minimum atomic E-state index is -0.0514. The lowest BCUT2D eigenvalue weighted by molar-refractivity contribution is -0.116. The van der Waals surface area contributed by atoms with Crippen molar-refractivity contribution in [2.45, 2.75) is 64.7 Å². The molecule has 0 atom stereocenters. The Bertz CT molecular complexity index is 470. The summed E-state index contributed by atoms with van der Waals surface area (Å²) in [5, 5.41) is 3.58. The molecule has 0 spiro atoms. The smallest absolute Gasteiger partial charge is 0.243 e. The molecule has 0 unspecified atom stereocenters. The van der Waals surface area contributed by atoms with Crippen molar-refractivity contribution in [3.05, 3.63) is 40.9 Å². The molecule has 1 amide bonds. The molecule has 0 heterocycles. The van der Waals surface area contributed by atoms with Crippen LogP contribution in [0.15, 0.2) is 30.3 Å². The van der Waals surface area contributed by atoms with Crippen molar-refractivity contribution < 1.29 is 4.79 Å². The minimum Gasteiger partial charge on any atom is -0.353 e. The van der Waals surface area contributed by atoms with Crippen molar-refractivity contribution in [1.82, 2.24) is 5.32 Å². The van der Waals surface area contributed by atoms with E-state index in [-0.39, 0.29) is 5.91 Å². The molecule has 0 aliphatic rings. The molecule has 2 nitrogen and oxygen atoms in total. The van der Waals surface area contributed by atoms with Gasteiger partial charge in [0.2, 0.25) is 5.91 Å². The van der Waals surface area contributed by atoms with Gasteiger partial charge in [-0.1, -0.05) is 88.1 Å². The Labute approximate surface area is 146 Å². The number of carbonyl (C=O) groups excluding carboxylic acids is 1. The fourth-order valence-corrected chi connectivity index (χ4v) is 2.68. The third-order valence-corrected chi connectivity index (χ3v) is 4.24. The van der Waals surface area contributed by atoms with Crippen LogP contribution in [-0.2, 0) is 4.79 Å². The van der Waals surface area contributed by atoms with Crippen LogP contribution < -0.4 is 5.32 Å². The second kappa shape index (κ2) is 13.2. The van der Waals surface area contributed by atoms with Crippen molar-refractivity contribution in [3.8, 4) is 0 Å². The number of hydrogen-bond donors (Lipinski definition) is 1. The molecule has 0 fully saturated rings. The Hall–Kier alpha value is -1.28. The Kier molecular flexibility index (Phi) is 11.3. The van der Waals surface area contributed by atoms with Gasteiger partial charge in [-0.3, -0.25) is 4.79 Å². The lowest BCUT2D eigenvalue weighted by atomic mass is 10.1. The molecule has 1 aromatic rings. The van der Waals surface area contributed by atoms with Gasteiger partial charge in [-0.05, 0) is 24.1 Å². The van der Waals surface area contributed by atoms with E-state index < -0.39 is 0 Å². The summed E-state index contributed by atoms with van der Waals surface area (Å²) in [6.45, 7) is 3.00. The van der Waals surface area contributed by atoms with Gasteiger partial charge in [-0.15, -0.1) is 0 Å². The first-order chi connectivity index (χ1) is 11.2. The Morgan fingerprint density at radius 1 is 1.00 bits per heavy atom. The van der Waals surface area contributed by atoms with Crippen LogP contribution in [0.5, 0.6) is 0 Å². The van der Waals surface area contributed by atoms with E-state index in [0.29, 0.717) is 5.02 Å². The summed E-state index contributed by atoms with van der Waals surface area (Å²) in [5.41, 5.74) is 0.868. The van der Waals surface area contributed by atoms with Gasteiger partial charge in [-0.2, -0.15) is 0 Å². The molecular weight excluding hydrogens is 306 g/mol. The molecule has 0 aromatic heterocycles. The highest BCUT2D eigenvalue weighted by Gasteiger charge is 1.97. The van der Waals surface area contributed by atoms with E-state index in [2.05, 4.69) is 12.2 Å². The van der Waals surface area contributed by atoms with Gasteiger partial charge in [0.05, 0.1) is 0 Å². The summed E-state index contributed by atoms with van der Waals surface area (Å²) in [5.74, 6) is -0.0514. The average Bonchev–Trinajstić information content (AvgIpc) is 2.56. The molecule has 0 radical (unpaired) electrons. The summed E-state index contributed by atoms with van der Waals surface area (Å²) in [6.07, 6.45) is 14.9. The summed E-state index contributed by atoms with van der Waals surface area (Å²) < 4.78 is 0. The normalized spacial score (nSPS) is 11.0. The number of carbonyl (C=O) groups is 1. The van der Waals surface area contributed by atoms with Crippen LogP contribution in [0.1, 0.15) is 70.3 Å². The molecule has 0 aliphatic carbocycles. The maximum Gasteiger partial charge on any atom is 0.243 e. The van der Waals surface area contributed by atoms with E-state index in [9.17, 15) is 4.79 Å². The molecule has 0 saturated heterocycles. The topological polar surface area (TPSA) is 29.1 Å². The summed E-state index contributed by atoms with van der Waals surface area (Å²) in [6, 6.07) is 7.50. The first kappa shape index (κ1) is 19.8. The van der Waals surface area contributed by atoms with Crippen LogP contribution in [0.4, 0.5) is 0 Å². The van der Waals surface area contributed by atoms with Gasteiger partial charge in [-0.25, -0.2) is 0 Å². The Morgan fingerprint density at radius 3 is 2.26 bits per heavy atom. The Balaban J connectivity index is 2.01. The molecule has 128 valence electrons. The Morgan fingerprint density at radius 2 is 1.61 bits per heavy atom. The molecule has 0 aliphatic heterocycles. The molecule has 1 rings (SSSR count). The number of rotatable bonds is 12. The number of benzene rings is 1. The van der Waals surface area contributed by atoms with Crippen molar-refractivity contribution >= 4 is 23.6 Å². The number of nitrogens with one attached hydrogen (secondary N) is 1. The van der Waals surface area contributed by atoms with Gasteiger partial charge in [0.25, 0.3) is 0 Å². The van der Waals surface area contributed by atoms with E-state index in [0.717, 1.165) is 18.5 Å². The predicted octanol–water partition coefficient (Wildman–Crippen LogP) is 6.00. The number of unbranched alkanes of at least 4 members (excludes halogenated alkanes) is 8. The molecule has 1 N–H and O–H groups in total. The maximum absolute atomic E-state index is 11.7. The van der Waals surface area contributed by atoms with Gasteiger partial charge in [0, 0.05) is 17.6 Å². The van der Waals surface area contributed by atoms with Crippen LogP contribution in [0.3, 0.4) is 0 Å². The number of halogens is 1. The highest BCUT2D eigenvalue weighted by atomic mass is 35.5. The molecule has 1 aromatic carbocycles. The third kappa shape index (κ3) is 10.2. The van der Waals surface area contributed by atoms with E-state index in [1.54, 1.807) is 12.2 Å². The third-order valence-electron chi connectivity index (χ3n) is 3.90.